The molecule has 6 nitrogen and oxygen atoms in total. The molecular formula is C28H28N2O4. The van der Waals surface area contributed by atoms with Crippen molar-refractivity contribution in [3.05, 3.63) is 99.8 Å². The van der Waals surface area contributed by atoms with Gasteiger partial charge in [-0.2, -0.15) is 0 Å². The average molecular weight is 457 g/mol. The number of pyridine rings is 1. The second-order valence-electron chi connectivity index (χ2n) is 8.22. The van der Waals surface area contributed by atoms with Gasteiger partial charge in [-0.1, -0.05) is 42.0 Å². The van der Waals surface area contributed by atoms with Crippen LogP contribution in [0.2, 0.25) is 0 Å². The normalized spacial score (nSPS) is 10.8. The molecule has 4 aromatic rings. The summed E-state index contributed by atoms with van der Waals surface area (Å²) in [5.74, 6) is 0.867. The van der Waals surface area contributed by atoms with E-state index in [1.165, 1.54) is 15.7 Å². The lowest BCUT2D eigenvalue weighted by Gasteiger charge is -2.15. The minimum Gasteiger partial charge on any atom is -0.497 e. The molecule has 34 heavy (non-hydrogen) atoms. The van der Waals surface area contributed by atoms with Crippen molar-refractivity contribution in [3.8, 4) is 11.5 Å². The van der Waals surface area contributed by atoms with Crippen molar-refractivity contribution in [1.82, 2.24) is 4.57 Å². The molecule has 0 fully saturated rings. The Morgan fingerprint density at radius 3 is 2.41 bits per heavy atom. The molecule has 0 aliphatic heterocycles. The minimum atomic E-state index is -0.314. The van der Waals surface area contributed by atoms with Crippen LogP contribution in [0, 0.1) is 6.92 Å². The van der Waals surface area contributed by atoms with Crippen LogP contribution in [0.4, 0.5) is 5.69 Å². The fourth-order valence-electron chi connectivity index (χ4n) is 3.99. The molecule has 0 atom stereocenters. The highest BCUT2D eigenvalue weighted by molar-refractivity contribution is 5.93. The topological polar surface area (TPSA) is 69.6 Å². The van der Waals surface area contributed by atoms with E-state index in [0.717, 1.165) is 11.8 Å². The number of nitrogens with zero attached hydrogens (tertiary/aromatic N) is 1. The van der Waals surface area contributed by atoms with Gasteiger partial charge in [0.2, 0.25) is 5.91 Å². The summed E-state index contributed by atoms with van der Waals surface area (Å²) in [6.07, 6.45) is 1.32. The van der Waals surface area contributed by atoms with Crippen molar-refractivity contribution in [3.63, 3.8) is 0 Å². The van der Waals surface area contributed by atoms with Crippen LogP contribution >= 0.6 is 0 Å². The summed E-state index contributed by atoms with van der Waals surface area (Å²) in [6.45, 7) is 1.93. The van der Waals surface area contributed by atoms with E-state index in [2.05, 4.69) is 36.5 Å². The number of hydrogen-bond donors (Lipinski definition) is 1. The highest BCUT2D eigenvalue weighted by atomic mass is 16.5. The van der Waals surface area contributed by atoms with Gasteiger partial charge in [0.05, 0.1) is 25.4 Å². The number of amides is 1. The first-order valence-corrected chi connectivity index (χ1v) is 11.2. The minimum absolute atomic E-state index is 0.126. The van der Waals surface area contributed by atoms with Gasteiger partial charge in [-0.3, -0.25) is 14.2 Å². The van der Waals surface area contributed by atoms with E-state index in [-0.39, 0.29) is 18.0 Å². The summed E-state index contributed by atoms with van der Waals surface area (Å²) in [7, 11) is 3.13. The van der Waals surface area contributed by atoms with Crippen LogP contribution in [0.5, 0.6) is 11.5 Å². The largest absolute Gasteiger partial charge is 0.497 e. The number of anilines is 1. The zero-order valence-electron chi connectivity index (χ0n) is 19.6. The molecule has 1 heterocycles. The van der Waals surface area contributed by atoms with Gasteiger partial charge in [0.15, 0.2) is 0 Å². The molecule has 174 valence electrons. The first kappa shape index (κ1) is 23.1. The molecule has 0 spiro atoms. The van der Waals surface area contributed by atoms with Gasteiger partial charge in [0.25, 0.3) is 5.56 Å². The summed E-state index contributed by atoms with van der Waals surface area (Å²) >= 11 is 0. The van der Waals surface area contributed by atoms with Gasteiger partial charge in [-0.05, 0) is 61.0 Å². The summed E-state index contributed by atoms with van der Waals surface area (Å²) in [6, 6.07) is 23.0. The van der Waals surface area contributed by atoms with Crippen LogP contribution in [0.15, 0.2) is 77.6 Å². The molecule has 1 N–H and O–H groups in total. The molecule has 0 saturated carbocycles. The molecule has 0 aliphatic rings. The third-order valence-corrected chi connectivity index (χ3v) is 5.86. The zero-order chi connectivity index (χ0) is 24.1. The number of nitrogens with one attached hydrogen (secondary N) is 1. The maximum absolute atomic E-state index is 13.5. The predicted molar refractivity (Wildman–Crippen MR) is 135 cm³/mol. The number of benzene rings is 3. The standard InChI is InChI=1S/C28H28N2O4/c1-19-8-10-20(11-9-19)12-13-22-16-21-14-15-23(33-2)17-25(21)30(28(22)32)18-27(31)29-24-6-4-5-7-26(24)34-3/h4-11,14-17H,12-13,18H2,1-3H3,(H,29,31). The molecule has 6 heteroatoms. The lowest BCUT2D eigenvalue weighted by Crippen LogP contribution is -2.30. The second kappa shape index (κ2) is 10.3. The molecule has 1 aromatic heterocycles. The van der Waals surface area contributed by atoms with Crippen LogP contribution in [0.25, 0.3) is 10.9 Å². The number of fused-ring (bicyclic) bond motifs is 1. The third kappa shape index (κ3) is 5.12. The molecule has 0 radical (unpaired) electrons. The van der Waals surface area contributed by atoms with Gasteiger partial charge in [-0.15, -0.1) is 0 Å². The van der Waals surface area contributed by atoms with E-state index in [9.17, 15) is 9.59 Å². The van der Waals surface area contributed by atoms with Crippen molar-refractivity contribution >= 4 is 22.5 Å². The number of aryl methyl sites for hydroxylation is 3. The molecular weight excluding hydrogens is 428 g/mol. The lowest BCUT2D eigenvalue weighted by atomic mass is 10.0. The van der Waals surface area contributed by atoms with Crippen molar-refractivity contribution in [1.29, 1.82) is 0 Å². The Morgan fingerprint density at radius 2 is 1.68 bits per heavy atom. The van der Waals surface area contributed by atoms with E-state index in [1.54, 1.807) is 32.4 Å². The Morgan fingerprint density at radius 1 is 0.912 bits per heavy atom. The van der Waals surface area contributed by atoms with Crippen molar-refractivity contribution in [2.24, 2.45) is 0 Å². The van der Waals surface area contributed by atoms with Crippen molar-refractivity contribution in [2.75, 3.05) is 19.5 Å². The van der Waals surface area contributed by atoms with Crippen molar-refractivity contribution < 1.29 is 14.3 Å². The number of para-hydroxylation sites is 2. The Labute approximate surface area is 198 Å². The number of carbonyl (C=O) groups excluding carboxylic acids is 1. The van der Waals surface area contributed by atoms with Gasteiger partial charge in [0.1, 0.15) is 18.0 Å². The van der Waals surface area contributed by atoms with Gasteiger partial charge < -0.3 is 14.8 Å². The maximum Gasteiger partial charge on any atom is 0.254 e. The Balaban J connectivity index is 1.67. The molecule has 4 rings (SSSR count). The Bertz CT molecular complexity index is 1370. The highest BCUT2D eigenvalue weighted by Crippen LogP contribution is 2.24. The molecule has 0 unspecified atom stereocenters. The number of aromatic nitrogens is 1. The fraction of sp³-hybridized carbons (Fsp3) is 0.214. The number of methoxy groups -OCH3 is 2. The Hall–Kier alpha value is -4.06. The van der Waals surface area contributed by atoms with E-state index >= 15 is 0 Å². The smallest absolute Gasteiger partial charge is 0.254 e. The molecule has 0 bridgehead atoms. The first-order chi connectivity index (χ1) is 16.5. The van der Waals surface area contributed by atoms with E-state index in [1.807, 2.05) is 30.3 Å². The number of ether oxygens (including phenoxy) is 2. The zero-order valence-corrected chi connectivity index (χ0v) is 19.6. The number of hydrogen-bond acceptors (Lipinski definition) is 4. The average Bonchev–Trinajstić information content (AvgIpc) is 2.85. The van der Waals surface area contributed by atoms with Crippen LogP contribution in [-0.4, -0.2) is 24.7 Å². The van der Waals surface area contributed by atoms with Crippen molar-refractivity contribution in [2.45, 2.75) is 26.3 Å². The molecule has 0 aliphatic carbocycles. The van der Waals surface area contributed by atoms with Crippen LogP contribution < -0.4 is 20.3 Å². The van der Waals surface area contributed by atoms with Crippen LogP contribution in [-0.2, 0) is 24.2 Å². The molecule has 1 amide bonds. The monoisotopic (exact) mass is 456 g/mol. The van der Waals surface area contributed by atoms with E-state index < -0.39 is 0 Å². The summed E-state index contributed by atoms with van der Waals surface area (Å²) in [4.78, 5) is 26.5. The van der Waals surface area contributed by atoms with E-state index in [0.29, 0.717) is 34.7 Å². The van der Waals surface area contributed by atoms with Gasteiger partial charge >= 0.3 is 0 Å². The SMILES string of the molecule is COc1ccc2cc(CCc3ccc(C)cc3)c(=O)n(CC(=O)Nc3ccccc3OC)c2c1. The van der Waals surface area contributed by atoms with Crippen LogP contribution in [0.3, 0.4) is 0 Å². The maximum atomic E-state index is 13.5. The van der Waals surface area contributed by atoms with Gasteiger partial charge in [0, 0.05) is 11.6 Å². The third-order valence-electron chi connectivity index (χ3n) is 5.86. The lowest BCUT2D eigenvalue weighted by molar-refractivity contribution is -0.116. The highest BCUT2D eigenvalue weighted by Gasteiger charge is 2.15. The second-order valence-corrected chi connectivity index (χ2v) is 8.22. The van der Waals surface area contributed by atoms with E-state index in [4.69, 9.17) is 9.47 Å². The summed E-state index contributed by atoms with van der Waals surface area (Å²) < 4.78 is 12.2. The summed E-state index contributed by atoms with van der Waals surface area (Å²) in [5, 5.41) is 3.74. The number of carbonyl (C=O) groups is 1. The molecule has 3 aromatic carbocycles. The first-order valence-electron chi connectivity index (χ1n) is 11.2. The predicted octanol–water partition coefficient (Wildman–Crippen LogP) is 4.75. The fourth-order valence-corrected chi connectivity index (χ4v) is 3.99. The Kier molecular flexibility index (Phi) is 6.97. The van der Waals surface area contributed by atoms with Gasteiger partial charge in [-0.25, -0.2) is 0 Å². The quantitative estimate of drug-likeness (QED) is 0.415. The van der Waals surface area contributed by atoms with Crippen LogP contribution in [0.1, 0.15) is 16.7 Å². The summed E-state index contributed by atoms with van der Waals surface area (Å²) in [5.41, 5.74) is 4.07. The number of rotatable bonds is 8. The molecule has 0 saturated heterocycles.